The molecule has 0 bridgehead atoms. The first kappa shape index (κ1) is 18.4. The minimum atomic E-state index is -3.61. The largest absolute Gasteiger partial charge is 0.497 e. The highest BCUT2D eigenvalue weighted by atomic mass is 79.9. The summed E-state index contributed by atoms with van der Waals surface area (Å²) in [5.74, 6) is -0.0529. The summed E-state index contributed by atoms with van der Waals surface area (Å²) in [6.07, 6.45) is 0. The van der Waals surface area contributed by atoms with Crippen LogP contribution in [-0.2, 0) is 20.6 Å². The second kappa shape index (κ2) is 8.27. The van der Waals surface area contributed by atoms with Crippen LogP contribution >= 0.6 is 15.9 Å². The van der Waals surface area contributed by atoms with Crippen molar-refractivity contribution in [3.8, 4) is 5.75 Å². The first-order chi connectivity index (χ1) is 11.4. The van der Waals surface area contributed by atoms with Gasteiger partial charge in [0.05, 0.1) is 19.4 Å². The van der Waals surface area contributed by atoms with E-state index in [1.165, 1.54) is 7.11 Å². The molecule has 0 atom stereocenters. The number of rotatable bonds is 7. The first-order valence-corrected chi connectivity index (χ1v) is 9.48. The van der Waals surface area contributed by atoms with Gasteiger partial charge in [0.1, 0.15) is 5.75 Å². The molecule has 8 heteroatoms. The van der Waals surface area contributed by atoms with Crippen molar-refractivity contribution >= 4 is 37.5 Å². The molecule has 0 fully saturated rings. The number of anilines is 1. The summed E-state index contributed by atoms with van der Waals surface area (Å²) in [5, 5.41) is 2.61. The number of benzene rings is 2. The third-order valence-electron chi connectivity index (χ3n) is 3.05. The summed E-state index contributed by atoms with van der Waals surface area (Å²) in [5.41, 5.74) is 1.16. The summed E-state index contributed by atoms with van der Waals surface area (Å²) in [4.78, 5) is 11.9. The molecular formula is C16H17BrN2O4S. The summed E-state index contributed by atoms with van der Waals surface area (Å²) >= 11 is 3.29. The highest BCUT2D eigenvalue weighted by Crippen LogP contribution is 2.16. The lowest BCUT2D eigenvalue weighted by atomic mass is 10.2. The Balaban J connectivity index is 1.90. The van der Waals surface area contributed by atoms with Gasteiger partial charge in [-0.25, -0.2) is 13.1 Å². The van der Waals surface area contributed by atoms with E-state index in [9.17, 15) is 13.2 Å². The van der Waals surface area contributed by atoms with Crippen LogP contribution in [0.4, 0.5) is 5.69 Å². The Morgan fingerprint density at radius 3 is 2.62 bits per heavy atom. The van der Waals surface area contributed by atoms with Gasteiger partial charge in [-0.1, -0.05) is 34.1 Å². The smallest absolute Gasteiger partial charge is 0.239 e. The summed E-state index contributed by atoms with van der Waals surface area (Å²) in [7, 11) is -2.08. The van der Waals surface area contributed by atoms with Crippen molar-refractivity contribution in [3.05, 3.63) is 58.6 Å². The fourth-order valence-electron chi connectivity index (χ4n) is 1.98. The molecule has 2 rings (SSSR count). The van der Waals surface area contributed by atoms with E-state index in [2.05, 4.69) is 26.0 Å². The van der Waals surface area contributed by atoms with E-state index < -0.39 is 15.9 Å². The van der Waals surface area contributed by atoms with E-state index in [1.54, 1.807) is 42.5 Å². The second-order valence-corrected chi connectivity index (χ2v) is 7.71. The molecule has 2 N–H and O–H groups in total. The molecule has 0 unspecified atom stereocenters. The third-order valence-corrected chi connectivity index (χ3v) is 4.84. The Morgan fingerprint density at radius 2 is 1.92 bits per heavy atom. The van der Waals surface area contributed by atoms with Gasteiger partial charge in [0.2, 0.25) is 15.9 Å². The van der Waals surface area contributed by atoms with Crippen LogP contribution in [0.1, 0.15) is 5.56 Å². The van der Waals surface area contributed by atoms with Crippen molar-refractivity contribution in [1.82, 2.24) is 4.72 Å². The van der Waals surface area contributed by atoms with E-state index in [-0.39, 0.29) is 12.3 Å². The Kier molecular flexibility index (Phi) is 6.36. The Morgan fingerprint density at radius 1 is 1.17 bits per heavy atom. The number of amides is 1. The van der Waals surface area contributed by atoms with Crippen LogP contribution in [0.25, 0.3) is 0 Å². The minimum absolute atomic E-state index is 0.196. The first-order valence-electron chi connectivity index (χ1n) is 7.04. The van der Waals surface area contributed by atoms with Gasteiger partial charge in [0.15, 0.2) is 0 Å². The van der Waals surface area contributed by atoms with E-state index in [4.69, 9.17) is 4.74 Å². The van der Waals surface area contributed by atoms with Crippen molar-refractivity contribution < 1.29 is 17.9 Å². The predicted octanol–water partition coefficient (Wildman–Crippen LogP) is 2.52. The van der Waals surface area contributed by atoms with Crippen LogP contribution in [0.3, 0.4) is 0 Å². The predicted molar refractivity (Wildman–Crippen MR) is 96.4 cm³/mol. The Labute approximate surface area is 149 Å². The normalized spacial score (nSPS) is 11.1. The molecule has 0 radical (unpaired) electrons. The fraction of sp³-hybridized carbons (Fsp3) is 0.188. The Bertz CT molecular complexity index is 824. The van der Waals surface area contributed by atoms with Gasteiger partial charge in [-0.2, -0.15) is 0 Å². The monoisotopic (exact) mass is 412 g/mol. The maximum absolute atomic E-state index is 12.0. The van der Waals surface area contributed by atoms with Crippen LogP contribution in [0, 0.1) is 0 Å². The van der Waals surface area contributed by atoms with Gasteiger partial charge in [0, 0.05) is 16.2 Å². The molecule has 0 heterocycles. The summed E-state index contributed by atoms with van der Waals surface area (Å²) < 4.78 is 32.2. The van der Waals surface area contributed by atoms with Gasteiger partial charge >= 0.3 is 0 Å². The molecule has 24 heavy (non-hydrogen) atoms. The summed E-state index contributed by atoms with van der Waals surface area (Å²) in [6.45, 7) is -0.340. The van der Waals surface area contributed by atoms with Crippen molar-refractivity contribution in [3.63, 3.8) is 0 Å². The van der Waals surface area contributed by atoms with E-state index in [1.807, 2.05) is 6.07 Å². The van der Waals surface area contributed by atoms with Gasteiger partial charge in [-0.05, 0) is 29.8 Å². The molecule has 0 aliphatic carbocycles. The molecule has 0 saturated heterocycles. The molecule has 1 amide bonds. The van der Waals surface area contributed by atoms with Crippen molar-refractivity contribution in [2.75, 3.05) is 19.0 Å². The highest BCUT2D eigenvalue weighted by molar-refractivity contribution is 9.10. The molecule has 2 aromatic rings. The van der Waals surface area contributed by atoms with Gasteiger partial charge < -0.3 is 10.1 Å². The zero-order valence-electron chi connectivity index (χ0n) is 13.0. The van der Waals surface area contributed by atoms with Crippen LogP contribution in [0.2, 0.25) is 0 Å². The number of carbonyl (C=O) groups is 1. The lowest BCUT2D eigenvalue weighted by Crippen LogP contribution is -2.33. The van der Waals surface area contributed by atoms with Crippen molar-refractivity contribution in [2.45, 2.75) is 5.75 Å². The molecule has 0 aromatic heterocycles. The van der Waals surface area contributed by atoms with E-state index >= 15 is 0 Å². The van der Waals surface area contributed by atoms with Crippen LogP contribution < -0.4 is 14.8 Å². The lowest BCUT2D eigenvalue weighted by Gasteiger charge is -2.09. The van der Waals surface area contributed by atoms with E-state index in [0.717, 1.165) is 4.47 Å². The molecule has 0 saturated carbocycles. The Hall–Kier alpha value is -1.90. The zero-order chi connectivity index (χ0) is 17.6. The molecule has 0 spiro atoms. The van der Waals surface area contributed by atoms with Gasteiger partial charge in [0.25, 0.3) is 0 Å². The standard InChI is InChI=1S/C16H17BrN2O4S/c1-23-15-7-3-6-14(9-15)19-16(20)10-18-24(21,22)11-12-4-2-5-13(17)8-12/h2-9,18H,10-11H2,1H3,(H,19,20). The van der Waals surface area contributed by atoms with Crippen molar-refractivity contribution in [2.24, 2.45) is 0 Å². The zero-order valence-corrected chi connectivity index (χ0v) is 15.4. The molecule has 6 nitrogen and oxygen atoms in total. The molecule has 0 aliphatic rings. The average molecular weight is 413 g/mol. The molecular weight excluding hydrogens is 396 g/mol. The van der Waals surface area contributed by atoms with E-state index in [0.29, 0.717) is 17.0 Å². The number of carbonyl (C=O) groups excluding carboxylic acids is 1. The lowest BCUT2D eigenvalue weighted by molar-refractivity contribution is -0.115. The third kappa shape index (κ3) is 5.95. The van der Waals surface area contributed by atoms with Crippen LogP contribution in [0.15, 0.2) is 53.0 Å². The number of hydrogen-bond donors (Lipinski definition) is 2. The SMILES string of the molecule is COc1cccc(NC(=O)CNS(=O)(=O)Cc2cccc(Br)c2)c1. The quantitative estimate of drug-likeness (QED) is 0.731. The molecule has 0 aliphatic heterocycles. The van der Waals surface area contributed by atoms with Crippen LogP contribution in [0.5, 0.6) is 5.75 Å². The van der Waals surface area contributed by atoms with Gasteiger partial charge in [-0.3, -0.25) is 4.79 Å². The number of nitrogens with one attached hydrogen (secondary N) is 2. The summed E-state index contributed by atoms with van der Waals surface area (Å²) in [6, 6.07) is 13.8. The number of ether oxygens (including phenoxy) is 1. The number of hydrogen-bond acceptors (Lipinski definition) is 4. The maximum atomic E-state index is 12.0. The fourth-order valence-corrected chi connectivity index (χ4v) is 3.50. The number of methoxy groups -OCH3 is 1. The topological polar surface area (TPSA) is 84.5 Å². The minimum Gasteiger partial charge on any atom is -0.497 e. The second-order valence-electron chi connectivity index (χ2n) is 4.99. The molecule has 128 valence electrons. The number of sulfonamides is 1. The maximum Gasteiger partial charge on any atom is 0.239 e. The highest BCUT2D eigenvalue weighted by Gasteiger charge is 2.14. The van der Waals surface area contributed by atoms with Crippen LogP contribution in [-0.4, -0.2) is 28.0 Å². The molecule has 2 aromatic carbocycles. The number of halogens is 1. The van der Waals surface area contributed by atoms with Gasteiger partial charge in [-0.15, -0.1) is 0 Å². The van der Waals surface area contributed by atoms with Crippen molar-refractivity contribution in [1.29, 1.82) is 0 Å². The average Bonchev–Trinajstić information content (AvgIpc) is 2.53.